The summed E-state index contributed by atoms with van der Waals surface area (Å²) in [4.78, 5) is 14.1. The van der Waals surface area contributed by atoms with Crippen LogP contribution in [0.15, 0.2) is 0 Å². The zero-order valence-corrected chi connectivity index (χ0v) is 10.3. The second-order valence-electron chi connectivity index (χ2n) is 6.14. The third-order valence-corrected chi connectivity index (χ3v) is 4.27. The van der Waals surface area contributed by atoms with E-state index in [-0.39, 0.29) is 0 Å². The van der Waals surface area contributed by atoms with E-state index >= 15 is 0 Å². The van der Waals surface area contributed by atoms with Gasteiger partial charge in [-0.15, -0.1) is 0 Å². The molecule has 2 rings (SSSR count). The van der Waals surface area contributed by atoms with Crippen molar-refractivity contribution >= 4 is 5.78 Å². The molecule has 0 spiro atoms. The van der Waals surface area contributed by atoms with Crippen LogP contribution in [-0.2, 0) is 4.79 Å². The van der Waals surface area contributed by atoms with Gasteiger partial charge in [-0.1, -0.05) is 20.8 Å². The fraction of sp³-hybridized carbons (Fsp3) is 0.923. The molecular formula is C13H23NO. The fourth-order valence-electron chi connectivity index (χ4n) is 3.10. The number of Topliss-reactive ketones (excluding diaryl/α,β-unsaturated/α-hetero) is 1. The summed E-state index contributed by atoms with van der Waals surface area (Å²) in [6.07, 6.45) is 3.97. The zero-order chi connectivity index (χ0) is 11.1. The zero-order valence-electron chi connectivity index (χ0n) is 10.3. The van der Waals surface area contributed by atoms with Gasteiger partial charge in [-0.2, -0.15) is 0 Å². The molecule has 2 unspecified atom stereocenters. The van der Waals surface area contributed by atoms with Crippen LogP contribution in [0.3, 0.4) is 0 Å². The molecular weight excluding hydrogens is 186 g/mol. The van der Waals surface area contributed by atoms with Gasteiger partial charge in [-0.25, -0.2) is 0 Å². The van der Waals surface area contributed by atoms with Crippen molar-refractivity contribution in [2.75, 3.05) is 13.1 Å². The van der Waals surface area contributed by atoms with Gasteiger partial charge in [0.1, 0.15) is 5.78 Å². The van der Waals surface area contributed by atoms with E-state index in [9.17, 15) is 4.79 Å². The van der Waals surface area contributed by atoms with Crippen molar-refractivity contribution in [3.8, 4) is 0 Å². The third kappa shape index (κ3) is 2.25. The maximum Gasteiger partial charge on any atom is 0.134 e. The highest BCUT2D eigenvalue weighted by atomic mass is 16.1. The molecule has 2 fully saturated rings. The Kier molecular flexibility index (Phi) is 2.89. The summed E-state index contributed by atoms with van der Waals surface area (Å²) in [5.74, 6) is 1.29. The molecule has 1 aliphatic heterocycles. The van der Waals surface area contributed by atoms with Gasteiger partial charge in [0.2, 0.25) is 0 Å². The van der Waals surface area contributed by atoms with Crippen molar-refractivity contribution in [1.82, 2.24) is 4.90 Å². The van der Waals surface area contributed by atoms with Crippen molar-refractivity contribution in [2.24, 2.45) is 11.3 Å². The van der Waals surface area contributed by atoms with E-state index in [4.69, 9.17) is 0 Å². The second kappa shape index (κ2) is 3.89. The quantitative estimate of drug-likeness (QED) is 0.661. The molecule has 1 saturated heterocycles. The molecule has 1 heterocycles. The lowest BCUT2D eigenvalue weighted by molar-refractivity contribution is -0.125. The van der Waals surface area contributed by atoms with Crippen LogP contribution in [-0.4, -0.2) is 29.8 Å². The summed E-state index contributed by atoms with van der Waals surface area (Å²) in [5, 5.41) is 0. The van der Waals surface area contributed by atoms with Gasteiger partial charge in [0, 0.05) is 25.4 Å². The first-order valence-corrected chi connectivity index (χ1v) is 6.25. The number of hydrogen-bond acceptors (Lipinski definition) is 2. The number of likely N-dealkylation sites (tertiary alicyclic amines) is 1. The summed E-state index contributed by atoms with van der Waals surface area (Å²) < 4.78 is 0. The molecule has 0 bridgehead atoms. The van der Waals surface area contributed by atoms with Crippen molar-refractivity contribution in [3.05, 3.63) is 0 Å². The SMILES string of the molecule is CC1CCN(C2CC(=O)CCC2(C)C)C1. The number of nitrogens with zero attached hydrogens (tertiary/aromatic N) is 1. The number of hydrogen-bond donors (Lipinski definition) is 0. The lowest BCUT2D eigenvalue weighted by Gasteiger charge is -2.43. The van der Waals surface area contributed by atoms with Crippen LogP contribution in [0, 0.1) is 11.3 Å². The van der Waals surface area contributed by atoms with Crippen LogP contribution >= 0.6 is 0 Å². The first-order chi connectivity index (χ1) is 6.99. The van der Waals surface area contributed by atoms with Crippen molar-refractivity contribution in [2.45, 2.75) is 52.5 Å². The summed E-state index contributed by atoms with van der Waals surface area (Å²) in [6.45, 7) is 9.36. The molecule has 86 valence electrons. The van der Waals surface area contributed by atoms with Crippen LogP contribution in [0.25, 0.3) is 0 Å². The number of carbonyl (C=O) groups is 1. The van der Waals surface area contributed by atoms with E-state index in [0.717, 1.165) is 25.2 Å². The van der Waals surface area contributed by atoms with E-state index in [0.29, 0.717) is 17.2 Å². The first kappa shape index (κ1) is 11.1. The molecule has 0 radical (unpaired) electrons. The molecule has 1 aliphatic carbocycles. The monoisotopic (exact) mass is 209 g/mol. The lowest BCUT2D eigenvalue weighted by Crippen LogP contribution is -2.48. The molecule has 15 heavy (non-hydrogen) atoms. The summed E-state index contributed by atoms with van der Waals surface area (Å²) >= 11 is 0. The Morgan fingerprint density at radius 2 is 2.13 bits per heavy atom. The van der Waals surface area contributed by atoms with E-state index < -0.39 is 0 Å². The predicted octanol–water partition coefficient (Wildman–Crippen LogP) is 2.48. The molecule has 2 atom stereocenters. The second-order valence-corrected chi connectivity index (χ2v) is 6.14. The van der Waals surface area contributed by atoms with Gasteiger partial charge in [0.15, 0.2) is 0 Å². The smallest absolute Gasteiger partial charge is 0.134 e. The van der Waals surface area contributed by atoms with E-state index in [2.05, 4.69) is 25.7 Å². The third-order valence-electron chi connectivity index (χ3n) is 4.27. The Morgan fingerprint density at radius 1 is 1.40 bits per heavy atom. The van der Waals surface area contributed by atoms with Gasteiger partial charge in [-0.3, -0.25) is 9.69 Å². The van der Waals surface area contributed by atoms with Crippen molar-refractivity contribution < 1.29 is 4.79 Å². The Hall–Kier alpha value is -0.370. The van der Waals surface area contributed by atoms with Gasteiger partial charge < -0.3 is 0 Å². The highest BCUT2D eigenvalue weighted by Gasteiger charge is 2.40. The minimum atomic E-state index is 0.331. The highest BCUT2D eigenvalue weighted by Crippen LogP contribution is 2.39. The largest absolute Gasteiger partial charge is 0.300 e. The fourth-order valence-corrected chi connectivity index (χ4v) is 3.10. The average molecular weight is 209 g/mol. The molecule has 1 saturated carbocycles. The number of ketones is 1. The number of rotatable bonds is 1. The van der Waals surface area contributed by atoms with E-state index in [1.165, 1.54) is 19.5 Å². The predicted molar refractivity (Wildman–Crippen MR) is 61.8 cm³/mol. The molecule has 2 aliphatic rings. The van der Waals surface area contributed by atoms with Gasteiger partial charge in [-0.05, 0) is 30.7 Å². The summed E-state index contributed by atoms with van der Waals surface area (Å²) in [7, 11) is 0. The minimum absolute atomic E-state index is 0.331. The van der Waals surface area contributed by atoms with Gasteiger partial charge >= 0.3 is 0 Å². The van der Waals surface area contributed by atoms with Crippen LogP contribution in [0.4, 0.5) is 0 Å². The van der Waals surface area contributed by atoms with Crippen molar-refractivity contribution in [3.63, 3.8) is 0 Å². The molecule has 0 N–H and O–H groups in total. The average Bonchev–Trinajstić information content (AvgIpc) is 2.56. The Balaban J connectivity index is 2.07. The van der Waals surface area contributed by atoms with Crippen molar-refractivity contribution in [1.29, 1.82) is 0 Å². The van der Waals surface area contributed by atoms with Gasteiger partial charge in [0.25, 0.3) is 0 Å². The Morgan fingerprint density at radius 3 is 2.73 bits per heavy atom. The highest BCUT2D eigenvalue weighted by molar-refractivity contribution is 5.80. The summed E-state index contributed by atoms with van der Waals surface area (Å²) in [5.41, 5.74) is 0.331. The maximum atomic E-state index is 11.6. The van der Waals surface area contributed by atoms with Crippen LogP contribution in [0.2, 0.25) is 0 Å². The Labute approximate surface area is 93.0 Å². The molecule has 2 nitrogen and oxygen atoms in total. The normalized spacial score (nSPS) is 37.1. The molecule has 0 aromatic heterocycles. The standard InChI is InChI=1S/C13H23NO/c1-10-5-7-14(9-10)12-8-11(15)4-6-13(12,2)3/h10,12H,4-9H2,1-3H3. The summed E-state index contributed by atoms with van der Waals surface area (Å²) in [6, 6.07) is 0.503. The molecule has 0 aromatic rings. The van der Waals surface area contributed by atoms with E-state index in [1.54, 1.807) is 0 Å². The van der Waals surface area contributed by atoms with E-state index in [1.807, 2.05) is 0 Å². The molecule has 2 heteroatoms. The Bertz CT molecular complexity index is 259. The maximum absolute atomic E-state index is 11.6. The first-order valence-electron chi connectivity index (χ1n) is 6.25. The lowest BCUT2D eigenvalue weighted by atomic mass is 9.72. The van der Waals surface area contributed by atoms with Gasteiger partial charge in [0.05, 0.1) is 0 Å². The number of carbonyl (C=O) groups excluding carboxylic acids is 1. The molecule has 0 amide bonds. The molecule has 0 aromatic carbocycles. The topological polar surface area (TPSA) is 20.3 Å². The van der Waals surface area contributed by atoms with Crippen LogP contribution in [0.5, 0.6) is 0 Å². The van der Waals surface area contributed by atoms with Crippen LogP contribution in [0.1, 0.15) is 46.5 Å². The van der Waals surface area contributed by atoms with Crippen LogP contribution < -0.4 is 0 Å². The minimum Gasteiger partial charge on any atom is -0.300 e.